The Morgan fingerprint density at radius 3 is 2.59 bits per heavy atom. The van der Waals surface area contributed by atoms with Gasteiger partial charge in [-0.05, 0) is 5.92 Å². The number of aliphatic imine (C=N–C) groups is 1. The van der Waals surface area contributed by atoms with E-state index in [2.05, 4.69) is 29.3 Å². The summed E-state index contributed by atoms with van der Waals surface area (Å²) in [4.78, 5) is 5.81. The number of guanidine groups is 1. The minimum Gasteiger partial charge on any atom is -0.356 e. The highest BCUT2D eigenvalue weighted by Crippen LogP contribution is 2.19. The molecule has 0 bridgehead atoms. The lowest BCUT2D eigenvalue weighted by atomic mass is 10.1. The van der Waals surface area contributed by atoms with Crippen LogP contribution in [0.25, 0.3) is 0 Å². The summed E-state index contributed by atoms with van der Waals surface area (Å²) in [5.41, 5.74) is 2.03. The van der Waals surface area contributed by atoms with E-state index in [0.29, 0.717) is 12.5 Å². The van der Waals surface area contributed by atoms with Gasteiger partial charge >= 0.3 is 6.18 Å². The van der Waals surface area contributed by atoms with Gasteiger partial charge in [-0.1, -0.05) is 13.8 Å². The predicted octanol–water partition coefficient (Wildman–Crippen LogP) is 2.50. The van der Waals surface area contributed by atoms with E-state index in [1.54, 1.807) is 23.7 Å². The van der Waals surface area contributed by atoms with Crippen molar-refractivity contribution < 1.29 is 13.2 Å². The van der Waals surface area contributed by atoms with E-state index in [9.17, 15) is 13.2 Å². The molecule has 1 rings (SSSR count). The highest BCUT2D eigenvalue weighted by atomic mass is 19.4. The van der Waals surface area contributed by atoms with Crippen molar-refractivity contribution in [2.45, 2.75) is 38.9 Å². The SMILES string of the molecule is CN=C(NCCC(F)(F)F)N(C)Cc1cn(C)nc1C(C)C. The second-order valence-electron chi connectivity index (χ2n) is 5.56. The molecule has 0 saturated carbocycles. The van der Waals surface area contributed by atoms with Crippen molar-refractivity contribution in [3.8, 4) is 0 Å². The van der Waals surface area contributed by atoms with Gasteiger partial charge in [-0.2, -0.15) is 18.3 Å². The summed E-state index contributed by atoms with van der Waals surface area (Å²) < 4.78 is 38.3. The molecule has 5 nitrogen and oxygen atoms in total. The van der Waals surface area contributed by atoms with Crippen LogP contribution in [-0.2, 0) is 13.6 Å². The van der Waals surface area contributed by atoms with E-state index in [0.717, 1.165) is 11.3 Å². The monoisotopic (exact) mass is 319 g/mol. The lowest BCUT2D eigenvalue weighted by Crippen LogP contribution is -2.40. The molecular formula is C14H24F3N5. The quantitative estimate of drug-likeness (QED) is 0.670. The van der Waals surface area contributed by atoms with E-state index in [1.165, 1.54) is 0 Å². The number of aromatic nitrogens is 2. The van der Waals surface area contributed by atoms with Gasteiger partial charge in [0, 0.05) is 46.0 Å². The standard InChI is InChI=1S/C14H24F3N5/c1-10(2)12-11(9-22(5)20-12)8-21(4)13(18-3)19-7-6-14(15,16)17/h9-10H,6-8H2,1-5H3,(H,18,19). The zero-order valence-corrected chi connectivity index (χ0v) is 13.7. The van der Waals surface area contributed by atoms with Gasteiger partial charge in [0.1, 0.15) is 0 Å². The van der Waals surface area contributed by atoms with Gasteiger partial charge in [-0.25, -0.2) is 0 Å². The van der Waals surface area contributed by atoms with Crippen molar-refractivity contribution in [2.24, 2.45) is 12.0 Å². The van der Waals surface area contributed by atoms with E-state index < -0.39 is 12.6 Å². The molecule has 126 valence electrons. The van der Waals surface area contributed by atoms with Gasteiger partial charge < -0.3 is 10.2 Å². The first-order chi connectivity index (χ1) is 10.1. The van der Waals surface area contributed by atoms with Gasteiger partial charge in [-0.15, -0.1) is 0 Å². The normalized spacial score (nSPS) is 12.9. The smallest absolute Gasteiger partial charge is 0.356 e. The largest absolute Gasteiger partial charge is 0.390 e. The molecular weight excluding hydrogens is 295 g/mol. The number of halogens is 3. The first-order valence-corrected chi connectivity index (χ1v) is 7.15. The first kappa shape index (κ1) is 18.3. The minimum absolute atomic E-state index is 0.190. The molecule has 1 heterocycles. The molecule has 0 radical (unpaired) electrons. The fourth-order valence-electron chi connectivity index (χ4n) is 2.19. The van der Waals surface area contributed by atoms with E-state index in [4.69, 9.17) is 0 Å². The Labute approximate surface area is 129 Å². The van der Waals surface area contributed by atoms with Crippen molar-refractivity contribution in [1.29, 1.82) is 0 Å². The van der Waals surface area contributed by atoms with Gasteiger partial charge in [-0.3, -0.25) is 9.67 Å². The molecule has 0 aromatic carbocycles. The summed E-state index contributed by atoms with van der Waals surface area (Å²) in [6.45, 7) is 4.46. The molecule has 1 aromatic rings. The molecule has 0 spiro atoms. The number of nitrogens with one attached hydrogen (secondary N) is 1. The highest BCUT2D eigenvalue weighted by molar-refractivity contribution is 5.79. The van der Waals surface area contributed by atoms with Crippen LogP contribution in [0.5, 0.6) is 0 Å². The van der Waals surface area contributed by atoms with Gasteiger partial charge in [0.05, 0.1) is 12.1 Å². The summed E-state index contributed by atoms with van der Waals surface area (Å²) in [5, 5.41) is 7.15. The van der Waals surface area contributed by atoms with Crippen LogP contribution in [0.3, 0.4) is 0 Å². The van der Waals surface area contributed by atoms with Crippen molar-refractivity contribution >= 4 is 5.96 Å². The van der Waals surface area contributed by atoms with Crippen LogP contribution in [0.4, 0.5) is 13.2 Å². The lowest BCUT2D eigenvalue weighted by molar-refractivity contribution is -0.132. The summed E-state index contributed by atoms with van der Waals surface area (Å²) in [7, 11) is 5.20. The summed E-state index contributed by atoms with van der Waals surface area (Å²) in [6, 6.07) is 0. The second kappa shape index (κ2) is 7.51. The molecule has 0 unspecified atom stereocenters. The van der Waals surface area contributed by atoms with Crippen molar-refractivity contribution in [3.05, 3.63) is 17.5 Å². The Morgan fingerprint density at radius 2 is 2.09 bits per heavy atom. The van der Waals surface area contributed by atoms with Crippen molar-refractivity contribution in [2.75, 3.05) is 20.6 Å². The van der Waals surface area contributed by atoms with Crippen LogP contribution >= 0.6 is 0 Å². The molecule has 8 heteroatoms. The molecule has 0 aliphatic heterocycles. The molecule has 1 N–H and O–H groups in total. The Kier molecular flexibility index (Phi) is 6.25. The Bertz CT molecular complexity index is 505. The average molecular weight is 319 g/mol. The summed E-state index contributed by atoms with van der Waals surface area (Å²) in [6.07, 6.45) is -3.13. The molecule has 22 heavy (non-hydrogen) atoms. The topological polar surface area (TPSA) is 45.5 Å². The number of rotatable bonds is 5. The summed E-state index contributed by atoms with van der Waals surface area (Å²) >= 11 is 0. The van der Waals surface area contributed by atoms with E-state index in [-0.39, 0.29) is 12.5 Å². The Balaban J connectivity index is 2.68. The van der Waals surface area contributed by atoms with Crippen LogP contribution in [0.15, 0.2) is 11.2 Å². The van der Waals surface area contributed by atoms with Crippen LogP contribution in [0, 0.1) is 0 Å². The second-order valence-corrected chi connectivity index (χ2v) is 5.56. The molecule has 0 fully saturated rings. The maximum atomic E-state index is 12.2. The maximum Gasteiger partial charge on any atom is 0.390 e. The molecule has 0 aliphatic rings. The van der Waals surface area contributed by atoms with Crippen molar-refractivity contribution in [1.82, 2.24) is 20.0 Å². The summed E-state index contributed by atoms with van der Waals surface area (Å²) in [5.74, 6) is 0.715. The van der Waals surface area contributed by atoms with Gasteiger partial charge in [0.25, 0.3) is 0 Å². The third-order valence-corrected chi connectivity index (χ3v) is 3.16. The van der Waals surface area contributed by atoms with Crippen LogP contribution in [-0.4, -0.2) is 47.5 Å². The number of aryl methyl sites for hydroxylation is 1. The fourth-order valence-corrected chi connectivity index (χ4v) is 2.19. The van der Waals surface area contributed by atoms with Crippen LogP contribution < -0.4 is 5.32 Å². The molecule has 0 atom stereocenters. The molecule has 0 aliphatic carbocycles. The molecule has 0 saturated heterocycles. The number of hydrogen-bond acceptors (Lipinski definition) is 2. The Hall–Kier alpha value is -1.73. The van der Waals surface area contributed by atoms with Gasteiger partial charge in [0.15, 0.2) is 5.96 Å². The van der Waals surface area contributed by atoms with Gasteiger partial charge in [0.2, 0.25) is 0 Å². The minimum atomic E-state index is -4.17. The highest BCUT2D eigenvalue weighted by Gasteiger charge is 2.26. The third-order valence-electron chi connectivity index (χ3n) is 3.16. The zero-order valence-electron chi connectivity index (χ0n) is 13.7. The molecule has 0 amide bonds. The zero-order chi connectivity index (χ0) is 16.9. The first-order valence-electron chi connectivity index (χ1n) is 7.15. The van der Waals surface area contributed by atoms with Crippen LogP contribution in [0.1, 0.15) is 37.4 Å². The lowest BCUT2D eigenvalue weighted by Gasteiger charge is -2.22. The third kappa shape index (κ3) is 5.57. The fraction of sp³-hybridized carbons (Fsp3) is 0.714. The maximum absolute atomic E-state index is 12.2. The van der Waals surface area contributed by atoms with Crippen molar-refractivity contribution in [3.63, 3.8) is 0 Å². The average Bonchev–Trinajstić information content (AvgIpc) is 2.74. The Morgan fingerprint density at radius 1 is 1.45 bits per heavy atom. The van der Waals surface area contributed by atoms with E-state index >= 15 is 0 Å². The van der Waals surface area contributed by atoms with E-state index in [1.807, 2.05) is 13.2 Å². The predicted molar refractivity (Wildman–Crippen MR) is 80.8 cm³/mol. The van der Waals surface area contributed by atoms with Crippen LogP contribution in [0.2, 0.25) is 0 Å². The number of nitrogens with zero attached hydrogens (tertiary/aromatic N) is 4. The molecule has 1 aromatic heterocycles. The number of hydrogen-bond donors (Lipinski definition) is 1. The number of alkyl halides is 3.